The minimum absolute atomic E-state index is 0.0295. The summed E-state index contributed by atoms with van der Waals surface area (Å²) in [5, 5.41) is 5.51. The largest absolute Gasteiger partial charge is 0.461 e. The van der Waals surface area contributed by atoms with Crippen LogP contribution in [0.2, 0.25) is 0 Å². The molecule has 4 aliphatic rings. The molecular weight excluding hydrogens is 621 g/mol. The first-order chi connectivity index (χ1) is 22.9. The van der Waals surface area contributed by atoms with Crippen LogP contribution in [0.3, 0.4) is 0 Å². The SMILES string of the molecule is O=S1(=O)CC(CNc2nc(OCC34CCCN3CCC4)nc3c(F)c(-c4cccc5cccc(COC6CCCCO6)c45)ncc23)C1. The van der Waals surface area contributed by atoms with Gasteiger partial charge in [-0.25, -0.2) is 12.8 Å². The van der Waals surface area contributed by atoms with Gasteiger partial charge in [0.25, 0.3) is 0 Å². The van der Waals surface area contributed by atoms with E-state index in [2.05, 4.69) is 25.2 Å². The van der Waals surface area contributed by atoms with E-state index in [0.29, 0.717) is 43.1 Å². The first-order valence-corrected chi connectivity index (χ1v) is 18.6. The van der Waals surface area contributed by atoms with E-state index in [-0.39, 0.29) is 46.5 Å². The number of sulfone groups is 1. The third-order valence-corrected chi connectivity index (χ3v) is 12.2. The zero-order chi connectivity index (χ0) is 32.0. The molecule has 2 aromatic heterocycles. The van der Waals surface area contributed by atoms with Gasteiger partial charge in [-0.2, -0.15) is 9.97 Å². The number of halogens is 1. The minimum atomic E-state index is -2.98. The Labute approximate surface area is 273 Å². The fourth-order valence-corrected chi connectivity index (χ4v) is 9.45. The van der Waals surface area contributed by atoms with Gasteiger partial charge in [-0.05, 0) is 74.4 Å². The molecular formula is C35H40FN5O5S. The number of anilines is 1. The fourth-order valence-electron chi connectivity index (χ4n) is 7.87. The van der Waals surface area contributed by atoms with Crippen molar-refractivity contribution in [1.82, 2.24) is 19.9 Å². The van der Waals surface area contributed by atoms with E-state index >= 15 is 4.39 Å². The Morgan fingerprint density at radius 3 is 2.62 bits per heavy atom. The first-order valence-electron chi connectivity index (χ1n) is 16.8. The molecule has 0 bridgehead atoms. The Morgan fingerprint density at radius 2 is 1.85 bits per heavy atom. The molecule has 6 heterocycles. The molecule has 4 saturated heterocycles. The first kappa shape index (κ1) is 30.9. The Bertz CT molecular complexity index is 1890. The van der Waals surface area contributed by atoms with E-state index in [1.54, 1.807) is 6.20 Å². The summed E-state index contributed by atoms with van der Waals surface area (Å²) in [6.45, 7) is 3.99. The van der Waals surface area contributed by atoms with Crippen LogP contribution in [0, 0.1) is 11.7 Å². The molecule has 0 spiro atoms. The smallest absolute Gasteiger partial charge is 0.319 e. The minimum Gasteiger partial charge on any atom is -0.461 e. The lowest BCUT2D eigenvalue weighted by Gasteiger charge is -2.31. The van der Waals surface area contributed by atoms with Gasteiger partial charge >= 0.3 is 6.01 Å². The number of nitrogens with one attached hydrogen (secondary N) is 1. The molecule has 10 nitrogen and oxygen atoms in total. The molecule has 248 valence electrons. The molecule has 47 heavy (non-hydrogen) atoms. The van der Waals surface area contributed by atoms with E-state index in [4.69, 9.17) is 14.2 Å². The standard InChI is InChI=1S/C35H40FN5O5S/c36-30-31(26-10-4-8-24-7-3-9-25(29(24)26)19-45-28-11-1-2-16-44-28)37-18-27-32(30)39-34(40-33(27)38-17-23-20-47(42,43)21-23)46-22-35-12-5-14-41(35)15-6-13-35/h3-4,7-10,18,23,28H,1-2,5-6,11-17,19-22H2,(H,38,39,40). The maximum Gasteiger partial charge on any atom is 0.319 e. The molecule has 12 heteroatoms. The number of pyridine rings is 1. The summed E-state index contributed by atoms with van der Waals surface area (Å²) in [5.41, 5.74) is 1.83. The van der Waals surface area contributed by atoms with Crippen molar-refractivity contribution in [1.29, 1.82) is 0 Å². The maximum absolute atomic E-state index is 16.8. The van der Waals surface area contributed by atoms with Gasteiger partial charge in [-0.15, -0.1) is 0 Å². The van der Waals surface area contributed by atoms with Gasteiger partial charge in [0.2, 0.25) is 0 Å². The molecule has 0 saturated carbocycles. The van der Waals surface area contributed by atoms with Crippen molar-refractivity contribution in [3.8, 4) is 17.3 Å². The second kappa shape index (κ2) is 12.5. The number of benzene rings is 2. The van der Waals surface area contributed by atoms with Crippen molar-refractivity contribution in [3.63, 3.8) is 0 Å². The van der Waals surface area contributed by atoms with Crippen molar-refractivity contribution in [2.75, 3.05) is 49.7 Å². The molecule has 1 atom stereocenters. The van der Waals surface area contributed by atoms with Gasteiger partial charge in [0.15, 0.2) is 21.9 Å². The normalized spacial score (nSPS) is 22.4. The summed E-state index contributed by atoms with van der Waals surface area (Å²) in [7, 11) is -2.98. The number of nitrogens with zero attached hydrogens (tertiary/aromatic N) is 4. The average Bonchev–Trinajstić information content (AvgIpc) is 3.66. The molecule has 4 fully saturated rings. The highest BCUT2D eigenvalue weighted by Gasteiger charge is 2.45. The molecule has 8 rings (SSSR count). The molecule has 0 amide bonds. The highest BCUT2D eigenvalue weighted by Crippen LogP contribution is 2.40. The summed E-state index contributed by atoms with van der Waals surface area (Å²) in [4.78, 5) is 16.4. The van der Waals surface area contributed by atoms with Crippen LogP contribution in [0.25, 0.3) is 32.9 Å². The summed E-state index contributed by atoms with van der Waals surface area (Å²) >= 11 is 0. The number of fused-ring (bicyclic) bond motifs is 3. The topological polar surface area (TPSA) is 116 Å². The quantitative estimate of drug-likeness (QED) is 0.234. The van der Waals surface area contributed by atoms with Crippen LogP contribution in [0.5, 0.6) is 6.01 Å². The Hall–Kier alpha value is -3.45. The molecule has 1 unspecified atom stereocenters. The van der Waals surface area contributed by atoms with E-state index in [1.165, 1.54) is 0 Å². The van der Waals surface area contributed by atoms with Gasteiger partial charge < -0.3 is 19.5 Å². The number of aromatic nitrogens is 3. The molecule has 4 aromatic rings. The van der Waals surface area contributed by atoms with Crippen molar-refractivity contribution in [2.45, 2.75) is 63.4 Å². The van der Waals surface area contributed by atoms with Crippen LogP contribution in [0.4, 0.5) is 10.2 Å². The lowest BCUT2D eigenvalue weighted by Crippen LogP contribution is -2.43. The van der Waals surface area contributed by atoms with Crippen LogP contribution in [-0.4, -0.2) is 84.5 Å². The van der Waals surface area contributed by atoms with Gasteiger partial charge in [-0.1, -0.05) is 36.4 Å². The second-order valence-corrected chi connectivity index (χ2v) is 15.7. The summed E-state index contributed by atoms with van der Waals surface area (Å²) in [5.74, 6) is 0.0396. The van der Waals surface area contributed by atoms with Crippen LogP contribution in [0.1, 0.15) is 50.5 Å². The Balaban J connectivity index is 1.16. The average molecular weight is 662 g/mol. The van der Waals surface area contributed by atoms with Crippen LogP contribution in [0.15, 0.2) is 42.6 Å². The van der Waals surface area contributed by atoms with Crippen LogP contribution >= 0.6 is 0 Å². The third-order valence-electron chi connectivity index (χ3n) is 10.3. The summed E-state index contributed by atoms with van der Waals surface area (Å²) < 4.78 is 58.6. The number of rotatable bonds is 10. The number of hydrogen-bond acceptors (Lipinski definition) is 10. The second-order valence-electron chi connectivity index (χ2n) is 13.5. The maximum atomic E-state index is 16.8. The van der Waals surface area contributed by atoms with Gasteiger partial charge in [0.05, 0.1) is 29.0 Å². The van der Waals surface area contributed by atoms with Crippen LogP contribution in [-0.2, 0) is 25.9 Å². The van der Waals surface area contributed by atoms with E-state index in [1.807, 2.05) is 36.4 Å². The molecule has 2 aromatic carbocycles. The zero-order valence-electron chi connectivity index (χ0n) is 26.4. The Morgan fingerprint density at radius 1 is 1.04 bits per heavy atom. The number of ether oxygens (including phenoxy) is 3. The highest BCUT2D eigenvalue weighted by atomic mass is 32.2. The lowest BCUT2D eigenvalue weighted by atomic mass is 9.95. The monoisotopic (exact) mass is 661 g/mol. The molecule has 0 radical (unpaired) electrons. The summed E-state index contributed by atoms with van der Waals surface area (Å²) in [6, 6.07) is 11.9. The van der Waals surface area contributed by atoms with E-state index < -0.39 is 15.7 Å². The van der Waals surface area contributed by atoms with Crippen molar-refractivity contribution < 1.29 is 27.0 Å². The van der Waals surface area contributed by atoms with Crippen LogP contribution < -0.4 is 10.1 Å². The highest BCUT2D eigenvalue weighted by molar-refractivity contribution is 7.92. The zero-order valence-corrected chi connectivity index (χ0v) is 27.2. The number of hydrogen-bond donors (Lipinski definition) is 1. The van der Waals surface area contributed by atoms with Crippen molar-refractivity contribution >= 4 is 37.3 Å². The van der Waals surface area contributed by atoms with Crippen molar-refractivity contribution in [2.24, 2.45) is 5.92 Å². The Kier molecular flexibility index (Phi) is 8.23. The fraction of sp³-hybridized carbons (Fsp3) is 0.514. The van der Waals surface area contributed by atoms with E-state index in [9.17, 15) is 8.42 Å². The third kappa shape index (κ3) is 6.05. The lowest BCUT2D eigenvalue weighted by molar-refractivity contribution is -0.168. The van der Waals surface area contributed by atoms with Crippen molar-refractivity contribution in [3.05, 3.63) is 54.0 Å². The predicted molar refractivity (Wildman–Crippen MR) is 178 cm³/mol. The molecule has 4 aliphatic heterocycles. The van der Waals surface area contributed by atoms with Gasteiger partial charge in [0, 0.05) is 30.8 Å². The predicted octanol–water partition coefficient (Wildman–Crippen LogP) is 5.49. The van der Waals surface area contributed by atoms with E-state index in [0.717, 1.165) is 74.4 Å². The van der Waals surface area contributed by atoms with Gasteiger partial charge in [0.1, 0.15) is 23.6 Å². The summed E-state index contributed by atoms with van der Waals surface area (Å²) in [6.07, 6.45) is 8.70. The van der Waals surface area contributed by atoms with Gasteiger partial charge in [-0.3, -0.25) is 9.88 Å². The molecule has 1 N–H and O–H groups in total. The molecule has 0 aliphatic carbocycles.